The molecule has 0 saturated carbocycles. The first-order valence-electron chi connectivity index (χ1n) is 5.01. The van der Waals surface area contributed by atoms with Gasteiger partial charge in [-0.25, -0.2) is 4.98 Å². The second kappa shape index (κ2) is 5.60. The second-order valence-electron chi connectivity index (χ2n) is 3.31. The van der Waals surface area contributed by atoms with E-state index in [0.717, 1.165) is 13.0 Å². The first kappa shape index (κ1) is 11.0. The molecule has 1 aromatic heterocycles. The number of aromatic nitrogens is 1. The molecule has 1 unspecified atom stereocenters. The molecule has 1 N–H and O–H groups in total. The van der Waals surface area contributed by atoms with E-state index in [4.69, 9.17) is 4.74 Å². The van der Waals surface area contributed by atoms with Crippen LogP contribution in [0.1, 0.15) is 31.9 Å². The highest BCUT2D eigenvalue weighted by Crippen LogP contribution is 2.13. The summed E-state index contributed by atoms with van der Waals surface area (Å²) in [7, 11) is 1.63. The summed E-state index contributed by atoms with van der Waals surface area (Å²) in [5.74, 6) is 0.663. The van der Waals surface area contributed by atoms with E-state index in [2.05, 4.69) is 24.1 Å². The van der Waals surface area contributed by atoms with E-state index in [1.165, 1.54) is 5.56 Å². The fraction of sp³-hybridized carbons (Fsp3) is 0.545. The van der Waals surface area contributed by atoms with Crippen LogP contribution in [0.5, 0.6) is 5.88 Å². The molecule has 0 aromatic carbocycles. The van der Waals surface area contributed by atoms with Crippen molar-refractivity contribution in [2.24, 2.45) is 0 Å². The lowest BCUT2D eigenvalue weighted by Crippen LogP contribution is -2.19. The Hall–Kier alpha value is -1.09. The van der Waals surface area contributed by atoms with Gasteiger partial charge in [0.15, 0.2) is 0 Å². The monoisotopic (exact) mass is 194 g/mol. The third-order valence-electron chi connectivity index (χ3n) is 2.17. The summed E-state index contributed by atoms with van der Waals surface area (Å²) in [6.45, 7) is 5.33. The standard InChI is InChI=1S/C11H18N2O/c1-4-7-12-9(2)10-5-6-11(14-3)13-8-10/h5-6,8-9,12H,4,7H2,1-3H3. The van der Waals surface area contributed by atoms with Crippen molar-refractivity contribution in [3.8, 4) is 5.88 Å². The number of methoxy groups -OCH3 is 1. The Morgan fingerprint density at radius 1 is 1.50 bits per heavy atom. The van der Waals surface area contributed by atoms with Crippen molar-refractivity contribution in [2.45, 2.75) is 26.3 Å². The normalized spacial score (nSPS) is 12.5. The number of nitrogens with zero attached hydrogens (tertiary/aromatic N) is 1. The maximum atomic E-state index is 5.00. The Bertz CT molecular complexity index is 258. The van der Waals surface area contributed by atoms with Crippen molar-refractivity contribution < 1.29 is 4.74 Å². The smallest absolute Gasteiger partial charge is 0.212 e. The van der Waals surface area contributed by atoms with Crippen molar-refractivity contribution in [2.75, 3.05) is 13.7 Å². The van der Waals surface area contributed by atoms with Crippen LogP contribution in [0.3, 0.4) is 0 Å². The molecule has 1 heterocycles. The van der Waals surface area contributed by atoms with Crippen molar-refractivity contribution in [1.29, 1.82) is 0 Å². The Labute approximate surface area is 85.5 Å². The predicted octanol–water partition coefficient (Wildman–Crippen LogP) is 2.15. The van der Waals surface area contributed by atoms with Crippen molar-refractivity contribution in [3.05, 3.63) is 23.9 Å². The van der Waals surface area contributed by atoms with Crippen LogP contribution in [0.25, 0.3) is 0 Å². The summed E-state index contributed by atoms with van der Waals surface area (Å²) in [6.07, 6.45) is 3.00. The van der Waals surface area contributed by atoms with Crippen LogP contribution in [0.15, 0.2) is 18.3 Å². The van der Waals surface area contributed by atoms with Gasteiger partial charge in [0, 0.05) is 18.3 Å². The highest BCUT2D eigenvalue weighted by Gasteiger charge is 2.03. The largest absolute Gasteiger partial charge is 0.481 e. The quantitative estimate of drug-likeness (QED) is 0.780. The molecule has 1 aromatic rings. The van der Waals surface area contributed by atoms with Gasteiger partial charge in [-0.05, 0) is 25.5 Å². The molecule has 1 atom stereocenters. The molecule has 3 heteroatoms. The molecule has 0 bridgehead atoms. The van der Waals surface area contributed by atoms with E-state index < -0.39 is 0 Å². The maximum absolute atomic E-state index is 5.00. The van der Waals surface area contributed by atoms with Gasteiger partial charge in [-0.1, -0.05) is 13.0 Å². The Balaban J connectivity index is 2.57. The highest BCUT2D eigenvalue weighted by molar-refractivity contribution is 5.20. The van der Waals surface area contributed by atoms with Crippen LogP contribution in [0.2, 0.25) is 0 Å². The molecule has 0 aliphatic rings. The Kier molecular flexibility index (Phi) is 4.40. The van der Waals surface area contributed by atoms with Crippen LogP contribution in [-0.2, 0) is 0 Å². The lowest BCUT2D eigenvalue weighted by Gasteiger charge is -2.13. The van der Waals surface area contributed by atoms with Gasteiger partial charge >= 0.3 is 0 Å². The second-order valence-corrected chi connectivity index (χ2v) is 3.31. The fourth-order valence-corrected chi connectivity index (χ4v) is 1.25. The molecular weight excluding hydrogens is 176 g/mol. The van der Waals surface area contributed by atoms with Crippen LogP contribution in [0.4, 0.5) is 0 Å². The summed E-state index contributed by atoms with van der Waals surface area (Å²) in [5, 5.41) is 3.41. The SMILES string of the molecule is CCCNC(C)c1ccc(OC)nc1. The lowest BCUT2D eigenvalue weighted by molar-refractivity contribution is 0.397. The van der Waals surface area contributed by atoms with E-state index in [0.29, 0.717) is 11.9 Å². The molecule has 0 amide bonds. The van der Waals surface area contributed by atoms with Crippen LogP contribution in [-0.4, -0.2) is 18.6 Å². The lowest BCUT2D eigenvalue weighted by atomic mass is 10.1. The van der Waals surface area contributed by atoms with Gasteiger partial charge in [0.25, 0.3) is 0 Å². The number of hydrogen-bond donors (Lipinski definition) is 1. The van der Waals surface area contributed by atoms with E-state index >= 15 is 0 Å². The van der Waals surface area contributed by atoms with Crippen LogP contribution >= 0.6 is 0 Å². The number of hydrogen-bond acceptors (Lipinski definition) is 3. The molecule has 0 saturated heterocycles. The van der Waals surface area contributed by atoms with Gasteiger partial charge in [0.2, 0.25) is 5.88 Å². The van der Waals surface area contributed by atoms with Crippen LogP contribution < -0.4 is 10.1 Å². The molecule has 1 rings (SSSR count). The van der Waals surface area contributed by atoms with Crippen molar-refractivity contribution in [1.82, 2.24) is 10.3 Å². The zero-order valence-corrected chi connectivity index (χ0v) is 9.08. The molecule has 0 radical (unpaired) electrons. The first-order chi connectivity index (χ1) is 6.77. The molecule has 14 heavy (non-hydrogen) atoms. The minimum atomic E-state index is 0.355. The Morgan fingerprint density at radius 2 is 2.29 bits per heavy atom. The summed E-state index contributed by atoms with van der Waals surface area (Å²) in [5.41, 5.74) is 1.19. The molecule has 0 aliphatic carbocycles. The van der Waals surface area contributed by atoms with E-state index in [9.17, 15) is 0 Å². The molecule has 78 valence electrons. The van der Waals surface area contributed by atoms with E-state index in [1.807, 2.05) is 18.3 Å². The zero-order chi connectivity index (χ0) is 10.4. The van der Waals surface area contributed by atoms with Gasteiger partial charge in [0.1, 0.15) is 0 Å². The topological polar surface area (TPSA) is 34.1 Å². The minimum Gasteiger partial charge on any atom is -0.481 e. The molecule has 3 nitrogen and oxygen atoms in total. The number of rotatable bonds is 5. The number of ether oxygens (including phenoxy) is 1. The third kappa shape index (κ3) is 3.00. The highest BCUT2D eigenvalue weighted by atomic mass is 16.5. The van der Waals surface area contributed by atoms with Gasteiger partial charge in [-0.15, -0.1) is 0 Å². The fourth-order valence-electron chi connectivity index (χ4n) is 1.25. The average Bonchev–Trinajstić information content (AvgIpc) is 2.26. The van der Waals surface area contributed by atoms with Gasteiger partial charge in [0.05, 0.1) is 7.11 Å². The summed E-state index contributed by atoms with van der Waals surface area (Å²) >= 11 is 0. The molecule has 0 fully saturated rings. The number of nitrogens with one attached hydrogen (secondary N) is 1. The summed E-state index contributed by atoms with van der Waals surface area (Å²) in [6, 6.07) is 4.28. The van der Waals surface area contributed by atoms with Gasteiger partial charge < -0.3 is 10.1 Å². The summed E-state index contributed by atoms with van der Waals surface area (Å²) in [4.78, 5) is 4.16. The molecule has 0 spiro atoms. The minimum absolute atomic E-state index is 0.355. The first-order valence-corrected chi connectivity index (χ1v) is 5.01. The molecular formula is C11H18N2O. The molecule has 0 aliphatic heterocycles. The number of pyridine rings is 1. The average molecular weight is 194 g/mol. The van der Waals surface area contributed by atoms with Crippen LogP contribution in [0, 0.1) is 0 Å². The Morgan fingerprint density at radius 3 is 2.79 bits per heavy atom. The maximum Gasteiger partial charge on any atom is 0.212 e. The van der Waals surface area contributed by atoms with Gasteiger partial charge in [-0.3, -0.25) is 0 Å². The zero-order valence-electron chi connectivity index (χ0n) is 9.08. The summed E-state index contributed by atoms with van der Waals surface area (Å²) < 4.78 is 5.00. The van der Waals surface area contributed by atoms with Gasteiger partial charge in [-0.2, -0.15) is 0 Å². The van der Waals surface area contributed by atoms with E-state index in [1.54, 1.807) is 7.11 Å². The third-order valence-corrected chi connectivity index (χ3v) is 2.17. The van der Waals surface area contributed by atoms with E-state index in [-0.39, 0.29) is 0 Å². The van der Waals surface area contributed by atoms with Crippen molar-refractivity contribution in [3.63, 3.8) is 0 Å². The van der Waals surface area contributed by atoms with Crippen molar-refractivity contribution >= 4 is 0 Å². The predicted molar refractivity (Wildman–Crippen MR) is 57.5 cm³/mol.